The maximum atomic E-state index is 6.94. The van der Waals surface area contributed by atoms with Crippen LogP contribution in [0.1, 0.15) is 0 Å². The predicted molar refractivity (Wildman–Crippen MR) is 196 cm³/mol. The number of rotatable bonds is 18. The van der Waals surface area contributed by atoms with Gasteiger partial charge in [-0.25, -0.2) is 0 Å². The summed E-state index contributed by atoms with van der Waals surface area (Å²) in [5, 5.41) is 0. The largest absolute Gasteiger partial charge is 0.470 e. The molecule has 0 heterocycles. The molecule has 9 nitrogen and oxygen atoms in total. The quantitative estimate of drug-likeness (QED) is 0.128. The van der Waals surface area contributed by atoms with Gasteiger partial charge in [0.2, 0.25) is 0 Å². The van der Waals surface area contributed by atoms with E-state index < -0.39 is 85.1 Å². The van der Waals surface area contributed by atoms with Crippen LogP contribution in [0.3, 0.4) is 0 Å². The van der Waals surface area contributed by atoms with Gasteiger partial charge in [-0.2, -0.15) is 0 Å². The highest BCUT2D eigenvalue weighted by molar-refractivity contribution is 6.93. The average Bonchev–Trinajstić information content (AvgIpc) is 2.37. The lowest BCUT2D eigenvalue weighted by Crippen LogP contribution is -2.66. The molecule has 0 unspecified atom stereocenters. The lowest BCUT2D eigenvalue weighted by atomic mass is 11.8. The molecular weight excluding hydrogens is 689 g/mol. The maximum absolute atomic E-state index is 6.94. The zero-order chi connectivity index (χ0) is 33.4. The first kappa shape index (κ1) is 42.8. The summed E-state index contributed by atoms with van der Waals surface area (Å²) in [7, 11) is -24.6. The van der Waals surface area contributed by atoms with E-state index in [1.54, 1.807) is 0 Å². The molecule has 0 aliphatic carbocycles. The molecule has 0 aromatic carbocycles. The zero-order valence-corrected chi connectivity index (χ0v) is 40.7. The minimum absolute atomic E-state index is 1.81. The van der Waals surface area contributed by atoms with Crippen molar-refractivity contribution in [3.63, 3.8) is 0 Å². The highest BCUT2D eigenvalue weighted by Crippen LogP contribution is 2.32. The molecule has 0 aromatic heterocycles. The molecule has 0 aliphatic rings. The molecule has 248 valence electrons. The molecule has 0 aromatic rings. The zero-order valence-electron chi connectivity index (χ0n) is 30.7. The van der Waals surface area contributed by atoms with E-state index in [0.717, 1.165) is 0 Å². The van der Waals surface area contributed by atoms with E-state index in [4.69, 9.17) is 37.0 Å². The van der Waals surface area contributed by atoms with Gasteiger partial charge >= 0.3 is 60.2 Å². The minimum Gasteiger partial charge on any atom is -0.437 e. The molecule has 0 rings (SSSR count). The van der Waals surface area contributed by atoms with Gasteiger partial charge < -0.3 is 37.0 Å². The van der Waals surface area contributed by atoms with Crippen LogP contribution >= 0.6 is 0 Å². The van der Waals surface area contributed by atoms with Crippen LogP contribution in [0.25, 0.3) is 0 Å². The molecule has 0 radical (unpaired) electrons. The monoisotopic (exact) mass is 754 g/mol. The smallest absolute Gasteiger partial charge is 0.437 e. The van der Waals surface area contributed by atoms with Gasteiger partial charge in [-0.15, -0.1) is 0 Å². The van der Waals surface area contributed by atoms with Crippen LogP contribution in [0.4, 0.5) is 0 Å². The lowest BCUT2D eigenvalue weighted by Gasteiger charge is -2.46. The minimum atomic E-state index is -3.39. The fourth-order valence-electron chi connectivity index (χ4n) is 5.51. The molecule has 0 aliphatic heterocycles. The molecule has 0 fully saturated rings. The maximum Gasteiger partial charge on any atom is 0.470 e. The Bertz CT molecular complexity index is 741. The van der Waals surface area contributed by atoms with Crippen molar-refractivity contribution >= 4 is 85.1 Å². The molecule has 0 N–H and O–H groups in total. The van der Waals surface area contributed by atoms with Crippen LogP contribution in [0.5, 0.6) is 0 Å². The summed E-state index contributed by atoms with van der Waals surface area (Å²) in [5.41, 5.74) is 0. The fourth-order valence-corrected chi connectivity index (χ4v) is 53.0. The third-order valence-corrected chi connectivity index (χ3v) is 39.8. The molecule has 0 spiro atoms. The van der Waals surface area contributed by atoms with Crippen molar-refractivity contribution in [1.29, 1.82) is 0 Å². The van der Waals surface area contributed by atoms with Gasteiger partial charge in [0.05, 0.1) is 0 Å². The van der Waals surface area contributed by atoms with Crippen molar-refractivity contribution in [3.05, 3.63) is 0 Å². The highest BCUT2D eigenvalue weighted by atomic mass is 28.5. The van der Waals surface area contributed by atoms with E-state index in [1.807, 2.05) is 6.55 Å². The van der Waals surface area contributed by atoms with Gasteiger partial charge in [-0.05, 0) is 137 Å². The van der Waals surface area contributed by atoms with Crippen LogP contribution in [0.15, 0.2) is 0 Å². The van der Waals surface area contributed by atoms with Crippen molar-refractivity contribution in [1.82, 2.24) is 0 Å². The van der Waals surface area contributed by atoms with Gasteiger partial charge in [0.15, 0.2) is 25.0 Å². The van der Waals surface area contributed by atoms with E-state index in [1.165, 1.54) is 0 Å². The summed E-state index contributed by atoms with van der Waals surface area (Å²) in [6.45, 7) is 46.5. The summed E-state index contributed by atoms with van der Waals surface area (Å²) in [5.74, 6) is 0. The van der Waals surface area contributed by atoms with Gasteiger partial charge in [0.25, 0.3) is 0 Å². The van der Waals surface area contributed by atoms with E-state index in [9.17, 15) is 0 Å². The third-order valence-electron chi connectivity index (χ3n) is 4.42. The fraction of sp³-hybridized carbons (Fsp3) is 1.00. The lowest BCUT2D eigenvalue weighted by molar-refractivity contribution is 0.188. The van der Waals surface area contributed by atoms with E-state index in [2.05, 4.69) is 137 Å². The summed E-state index contributed by atoms with van der Waals surface area (Å²) in [6, 6.07) is 0. The van der Waals surface area contributed by atoms with Gasteiger partial charge in [0.1, 0.15) is 0 Å². The Balaban J connectivity index is 6.36. The predicted octanol–water partition coefficient (Wildman–Crippen LogP) is 8.42. The molecule has 19 heteroatoms. The first-order valence-electron chi connectivity index (χ1n) is 14.7. The van der Waals surface area contributed by atoms with E-state index >= 15 is 0 Å². The Labute approximate surface area is 264 Å². The Kier molecular flexibility index (Phi) is 14.5. The average molecular weight is 756 g/mol. The van der Waals surface area contributed by atoms with Gasteiger partial charge in [-0.3, -0.25) is 0 Å². The first-order valence-corrected chi connectivity index (χ1v) is 44.0. The van der Waals surface area contributed by atoms with Gasteiger partial charge in [0, 0.05) is 6.55 Å². The topological polar surface area (TPSA) is 83.1 Å². The Morgan fingerprint density at radius 3 is 0.488 bits per heavy atom. The summed E-state index contributed by atoms with van der Waals surface area (Å²) in [4.78, 5) is 0. The summed E-state index contributed by atoms with van der Waals surface area (Å²) in [6.07, 6.45) is 0. The van der Waals surface area contributed by atoms with Crippen LogP contribution in [-0.4, -0.2) is 85.1 Å². The molecule has 0 bridgehead atoms. The number of hydrogen-bond acceptors (Lipinski definition) is 9. The molecule has 41 heavy (non-hydrogen) atoms. The second kappa shape index (κ2) is 13.9. The second-order valence-electron chi connectivity index (χ2n) is 16.5. The third kappa shape index (κ3) is 21.3. The molecule has 0 amide bonds. The van der Waals surface area contributed by atoms with Crippen LogP contribution < -0.4 is 0 Å². The van der Waals surface area contributed by atoms with Crippen molar-refractivity contribution in [2.45, 2.75) is 144 Å². The van der Waals surface area contributed by atoms with Crippen LogP contribution in [0, 0.1) is 0 Å². The Morgan fingerprint density at radius 1 is 0.195 bits per heavy atom. The normalized spacial score (nSPS) is 16.0. The first-order chi connectivity index (χ1) is 17.4. The van der Waals surface area contributed by atoms with Crippen molar-refractivity contribution in [2.24, 2.45) is 0 Å². The van der Waals surface area contributed by atoms with Gasteiger partial charge in [-0.1, -0.05) is 0 Å². The molecule has 0 saturated carbocycles. The second-order valence-corrected chi connectivity index (χ2v) is 55.1. The molecule has 0 atom stereocenters. The standard InChI is InChI=1S/C22H66O9Si10/c1-32(2,3)23-35(10,11)26-38(16,17)29-41(22,30-39(18,19)27-36(12,13)24-33(4,5)6)31-40(20,21)28-37(14,15)25-34(7,8)9/h1-22H3. The number of hydrogen-bond donors (Lipinski definition) is 0. The summed E-state index contributed by atoms with van der Waals surface area (Å²) >= 11 is 0. The van der Waals surface area contributed by atoms with E-state index in [-0.39, 0.29) is 0 Å². The van der Waals surface area contributed by atoms with Crippen molar-refractivity contribution < 1.29 is 37.0 Å². The van der Waals surface area contributed by atoms with Crippen molar-refractivity contribution in [2.75, 3.05) is 0 Å². The highest BCUT2D eigenvalue weighted by Gasteiger charge is 2.55. The van der Waals surface area contributed by atoms with Crippen LogP contribution in [0.2, 0.25) is 144 Å². The molecule has 0 saturated heterocycles. The summed E-state index contributed by atoms with van der Waals surface area (Å²) < 4.78 is 60.5. The van der Waals surface area contributed by atoms with Crippen LogP contribution in [-0.2, 0) is 37.0 Å². The Hall–Kier alpha value is 1.81. The SMILES string of the molecule is C[Si](C)(C)O[Si](C)(C)O[Si](C)(C)O[Si](C)(O[Si](C)(C)O[Si](C)(C)O[Si](C)(C)C)O[Si](C)(C)O[Si](C)(C)O[Si](C)(C)C. The van der Waals surface area contributed by atoms with Crippen molar-refractivity contribution in [3.8, 4) is 0 Å². The Morgan fingerprint density at radius 2 is 0.341 bits per heavy atom. The van der Waals surface area contributed by atoms with E-state index in [0.29, 0.717) is 0 Å². The molecular formula is C22H66O9Si10.